The van der Waals surface area contributed by atoms with Gasteiger partial charge in [-0.25, -0.2) is 8.78 Å². The minimum Gasteiger partial charge on any atom is -0.429 e. The van der Waals surface area contributed by atoms with Crippen molar-refractivity contribution < 1.29 is 35.8 Å². The summed E-state index contributed by atoms with van der Waals surface area (Å²) in [5, 5.41) is 0. The summed E-state index contributed by atoms with van der Waals surface area (Å²) >= 11 is 0. The highest BCUT2D eigenvalue weighted by molar-refractivity contribution is 5.34. The van der Waals surface area contributed by atoms with Crippen LogP contribution in [0.1, 0.15) is 74.6 Å². The van der Waals surface area contributed by atoms with Gasteiger partial charge in [0.2, 0.25) is 0 Å². The molecule has 0 bridgehead atoms. The predicted octanol–water partition coefficient (Wildman–Crippen LogP) is 9.69. The Labute approximate surface area is 219 Å². The van der Waals surface area contributed by atoms with E-state index < -0.39 is 40.7 Å². The van der Waals surface area contributed by atoms with Crippen LogP contribution in [0, 0.1) is 11.6 Å². The van der Waals surface area contributed by atoms with Crippen LogP contribution in [0.5, 0.6) is 11.5 Å². The topological polar surface area (TPSA) is 18.5 Å². The molecule has 8 heteroatoms. The molecule has 0 heterocycles. The zero-order valence-corrected chi connectivity index (χ0v) is 21.5. The standard InChI is InChI=1S/C30H32F6O2/c1-3-5-7-8-10-22-19-26(31)28(27(32)20-22)30(35,36)38-25-17-13-23(14-18-25)29(33,34)37-24-15-11-21(12-16-24)9-6-4-2/h11-20H,3-10H2,1-2H3. The quantitative estimate of drug-likeness (QED) is 0.150. The van der Waals surface area contributed by atoms with Crippen molar-refractivity contribution in [3.8, 4) is 11.5 Å². The molecule has 0 unspecified atom stereocenters. The number of hydrogen-bond acceptors (Lipinski definition) is 2. The smallest absolute Gasteiger partial charge is 0.429 e. The summed E-state index contributed by atoms with van der Waals surface area (Å²) in [5.74, 6) is -3.46. The Bertz CT molecular complexity index is 1140. The Morgan fingerprint density at radius 1 is 0.579 bits per heavy atom. The van der Waals surface area contributed by atoms with Gasteiger partial charge < -0.3 is 9.47 Å². The number of ether oxygens (including phenoxy) is 2. The first-order chi connectivity index (χ1) is 18.1. The fourth-order valence-electron chi connectivity index (χ4n) is 4.03. The Morgan fingerprint density at radius 2 is 1.08 bits per heavy atom. The molecule has 0 saturated heterocycles. The van der Waals surface area contributed by atoms with Gasteiger partial charge in [0, 0.05) is 0 Å². The van der Waals surface area contributed by atoms with Crippen LogP contribution < -0.4 is 9.47 Å². The maximum Gasteiger partial charge on any atom is 0.432 e. The first-order valence-corrected chi connectivity index (χ1v) is 12.9. The summed E-state index contributed by atoms with van der Waals surface area (Å²) in [4.78, 5) is 0. The van der Waals surface area contributed by atoms with Crippen LogP contribution in [-0.2, 0) is 25.1 Å². The van der Waals surface area contributed by atoms with E-state index in [-0.39, 0.29) is 11.3 Å². The summed E-state index contributed by atoms with van der Waals surface area (Å²) in [6, 6.07) is 11.5. The van der Waals surface area contributed by atoms with Crippen molar-refractivity contribution in [1.82, 2.24) is 0 Å². The molecule has 38 heavy (non-hydrogen) atoms. The number of aryl methyl sites for hydroxylation is 2. The van der Waals surface area contributed by atoms with Gasteiger partial charge in [0.15, 0.2) is 0 Å². The maximum atomic E-state index is 14.7. The van der Waals surface area contributed by atoms with Crippen LogP contribution >= 0.6 is 0 Å². The molecule has 206 valence electrons. The molecule has 0 aromatic heterocycles. The molecule has 0 aliphatic heterocycles. The van der Waals surface area contributed by atoms with Crippen LogP contribution in [0.4, 0.5) is 26.3 Å². The molecule has 0 aliphatic carbocycles. The summed E-state index contributed by atoms with van der Waals surface area (Å²) in [5.41, 5.74) is -0.861. The van der Waals surface area contributed by atoms with E-state index >= 15 is 0 Å². The molecule has 0 spiro atoms. The van der Waals surface area contributed by atoms with E-state index in [0.717, 1.165) is 80.5 Å². The summed E-state index contributed by atoms with van der Waals surface area (Å²) in [7, 11) is 0. The van der Waals surface area contributed by atoms with Crippen molar-refractivity contribution in [2.24, 2.45) is 0 Å². The van der Waals surface area contributed by atoms with Crippen LogP contribution in [-0.4, -0.2) is 0 Å². The second-order valence-electron chi connectivity index (χ2n) is 9.25. The van der Waals surface area contributed by atoms with Gasteiger partial charge in [-0.1, -0.05) is 51.7 Å². The van der Waals surface area contributed by atoms with Gasteiger partial charge in [-0.3, -0.25) is 0 Å². The molecule has 0 radical (unpaired) electrons. The van der Waals surface area contributed by atoms with Crippen molar-refractivity contribution in [1.29, 1.82) is 0 Å². The highest BCUT2D eigenvalue weighted by Crippen LogP contribution is 2.37. The first-order valence-electron chi connectivity index (χ1n) is 12.9. The summed E-state index contributed by atoms with van der Waals surface area (Å²) < 4.78 is 97.0. The highest BCUT2D eigenvalue weighted by atomic mass is 19.3. The molecule has 0 saturated carbocycles. The lowest BCUT2D eigenvalue weighted by Gasteiger charge is -2.21. The number of unbranched alkanes of at least 4 members (excludes halogenated alkanes) is 4. The van der Waals surface area contributed by atoms with Crippen LogP contribution in [0.25, 0.3) is 0 Å². The van der Waals surface area contributed by atoms with Gasteiger partial charge in [-0.15, -0.1) is 0 Å². The Morgan fingerprint density at radius 3 is 1.63 bits per heavy atom. The highest BCUT2D eigenvalue weighted by Gasteiger charge is 2.41. The van der Waals surface area contributed by atoms with Crippen LogP contribution in [0.15, 0.2) is 60.7 Å². The number of halogens is 6. The number of hydrogen-bond donors (Lipinski definition) is 0. The van der Waals surface area contributed by atoms with Gasteiger partial charge in [0.1, 0.15) is 28.7 Å². The Kier molecular flexibility index (Phi) is 10.1. The van der Waals surface area contributed by atoms with Crippen molar-refractivity contribution in [3.05, 3.63) is 94.6 Å². The van der Waals surface area contributed by atoms with Gasteiger partial charge in [-0.05, 0) is 85.3 Å². The Hall–Kier alpha value is -3.16. The third kappa shape index (κ3) is 7.92. The average molecular weight is 539 g/mol. The van der Waals surface area contributed by atoms with Gasteiger partial charge in [0.05, 0.1) is 5.56 Å². The minimum absolute atomic E-state index is 0.0538. The molecule has 3 rings (SSSR count). The van der Waals surface area contributed by atoms with Crippen molar-refractivity contribution >= 4 is 0 Å². The molecule has 2 nitrogen and oxygen atoms in total. The second kappa shape index (κ2) is 13.1. The number of benzene rings is 3. The van der Waals surface area contributed by atoms with Crippen LogP contribution in [0.2, 0.25) is 0 Å². The number of alkyl halides is 4. The molecule has 3 aromatic rings. The molecule has 0 amide bonds. The number of rotatable bonds is 14. The predicted molar refractivity (Wildman–Crippen MR) is 135 cm³/mol. The monoisotopic (exact) mass is 538 g/mol. The molecule has 0 aliphatic rings. The lowest BCUT2D eigenvalue weighted by atomic mass is 10.0. The molecule has 0 N–H and O–H groups in total. The lowest BCUT2D eigenvalue weighted by Crippen LogP contribution is -2.25. The summed E-state index contributed by atoms with van der Waals surface area (Å²) in [6.07, 6.45) is -1.42. The summed E-state index contributed by atoms with van der Waals surface area (Å²) in [6.45, 7) is 4.08. The van der Waals surface area contributed by atoms with Gasteiger partial charge >= 0.3 is 12.2 Å². The third-order valence-corrected chi connectivity index (χ3v) is 6.14. The van der Waals surface area contributed by atoms with Gasteiger partial charge in [-0.2, -0.15) is 17.6 Å². The maximum absolute atomic E-state index is 14.7. The van der Waals surface area contributed by atoms with Crippen LogP contribution in [0.3, 0.4) is 0 Å². The van der Waals surface area contributed by atoms with E-state index in [4.69, 9.17) is 4.74 Å². The van der Waals surface area contributed by atoms with E-state index in [0.29, 0.717) is 12.8 Å². The van der Waals surface area contributed by atoms with E-state index in [1.165, 1.54) is 12.1 Å². The molecular weight excluding hydrogens is 506 g/mol. The third-order valence-electron chi connectivity index (χ3n) is 6.14. The minimum atomic E-state index is -4.37. The van der Waals surface area contributed by atoms with Crippen molar-refractivity contribution in [3.63, 3.8) is 0 Å². The van der Waals surface area contributed by atoms with E-state index in [1.54, 1.807) is 12.1 Å². The normalized spacial score (nSPS) is 12.0. The van der Waals surface area contributed by atoms with E-state index in [9.17, 15) is 26.3 Å². The average Bonchev–Trinajstić information content (AvgIpc) is 2.85. The fourth-order valence-corrected chi connectivity index (χ4v) is 4.03. The Balaban J connectivity index is 1.68. The van der Waals surface area contributed by atoms with E-state index in [2.05, 4.69) is 11.7 Å². The van der Waals surface area contributed by atoms with Crippen molar-refractivity contribution in [2.75, 3.05) is 0 Å². The first kappa shape index (κ1) is 29.4. The fraction of sp³-hybridized carbons (Fsp3) is 0.400. The van der Waals surface area contributed by atoms with Crippen molar-refractivity contribution in [2.45, 2.75) is 77.4 Å². The zero-order valence-electron chi connectivity index (χ0n) is 21.5. The zero-order chi connectivity index (χ0) is 27.8. The molecule has 0 fully saturated rings. The lowest BCUT2D eigenvalue weighted by molar-refractivity contribution is -0.190. The molecule has 3 aromatic carbocycles. The van der Waals surface area contributed by atoms with Gasteiger partial charge in [0.25, 0.3) is 0 Å². The van der Waals surface area contributed by atoms with E-state index in [1.807, 2.05) is 6.92 Å². The molecular formula is C30H32F6O2. The largest absolute Gasteiger partial charge is 0.432 e. The second-order valence-corrected chi connectivity index (χ2v) is 9.25. The molecule has 0 atom stereocenters. The SMILES string of the molecule is CCCCCCc1cc(F)c(C(F)(F)Oc2ccc(C(F)(F)Oc3ccc(CCCC)cc3)cc2)c(F)c1.